The van der Waals surface area contributed by atoms with Gasteiger partial charge in [-0.15, -0.1) is 0 Å². The highest BCUT2D eigenvalue weighted by Gasteiger charge is 2.16. The highest BCUT2D eigenvalue weighted by molar-refractivity contribution is 7.92. The molecule has 0 atom stereocenters. The lowest BCUT2D eigenvalue weighted by molar-refractivity contribution is 0.600. The fraction of sp³-hybridized carbons (Fsp3) is 0.133. The van der Waals surface area contributed by atoms with Crippen molar-refractivity contribution < 1.29 is 8.42 Å². The summed E-state index contributed by atoms with van der Waals surface area (Å²) in [5.74, 6) is -0.0987. The Morgan fingerprint density at radius 3 is 2.43 bits per heavy atom. The molecule has 0 aliphatic carbocycles. The third-order valence-corrected chi connectivity index (χ3v) is 4.43. The molecule has 110 valence electrons. The van der Waals surface area contributed by atoms with Gasteiger partial charge in [-0.05, 0) is 24.1 Å². The minimum Gasteiger partial charge on any atom is -0.389 e. The van der Waals surface area contributed by atoms with Crippen LogP contribution in [0.25, 0.3) is 0 Å². The van der Waals surface area contributed by atoms with E-state index in [1.807, 2.05) is 19.1 Å². The van der Waals surface area contributed by atoms with E-state index in [0.29, 0.717) is 11.3 Å². The molecule has 0 amide bonds. The molecule has 0 aliphatic rings. The van der Waals surface area contributed by atoms with Crippen LogP contribution in [0.4, 0.5) is 5.69 Å². The summed E-state index contributed by atoms with van der Waals surface area (Å²) < 4.78 is 27.1. The predicted octanol–water partition coefficient (Wildman–Crippen LogP) is 2.57. The van der Waals surface area contributed by atoms with Gasteiger partial charge in [-0.3, -0.25) is 4.72 Å². The zero-order valence-corrected chi connectivity index (χ0v) is 13.2. The van der Waals surface area contributed by atoms with E-state index in [1.165, 1.54) is 0 Å². The Bertz CT molecular complexity index is 756. The Labute approximate surface area is 130 Å². The van der Waals surface area contributed by atoms with Crippen LogP contribution in [0.3, 0.4) is 0 Å². The van der Waals surface area contributed by atoms with Crippen LogP contribution in [0.5, 0.6) is 0 Å². The number of nitrogens with two attached hydrogens (primary N) is 1. The Morgan fingerprint density at radius 1 is 1.14 bits per heavy atom. The van der Waals surface area contributed by atoms with Crippen LogP contribution < -0.4 is 10.5 Å². The second-order valence-electron chi connectivity index (χ2n) is 4.71. The topological polar surface area (TPSA) is 72.2 Å². The van der Waals surface area contributed by atoms with Gasteiger partial charge in [0.2, 0.25) is 10.0 Å². The number of hydrogen-bond donors (Lipinski definition) is 2. The SMILES string of the molecule is Cc1cccc(NS(=O)(=O)Cc2ccccc2)c1C(N)=S. The normalized spacial score (nSPS) is 11.1. The van der Waals surface area contributed by atoms with Crippen molar-refractivity contribution in [2.45, 2.75) is 12.7 Å². The van der Waals surface area contributed by atoms with Crippen LogP contribution in [0.2, 0.25) is 0 Å². The zero-order valence-electron chi connectivity index (χ0n) is 11.5. The second-order valence-corrected chi connectivity index (χ2v) is 6.87. The minimum atomic E-state index is -3.53. The van der Waals surface area contributed by atoms with Crippen molar-refractivity contribution in [2.24, 2.45) is 5.73 Å². The van der Waals surface area contributed by atoms with Gasteiger partial charge < -0.3 is 5.73 Å². The zero-order chi connectivity index (χ0) is 15.5. The molecule has 6 heteroatoms. The molecule has 0 fully saturated rings. The predicted molar refractivity (Wildman–Crippen MR) is 89.8 cm³/mol. The van der Waals surface area contributed by atoms with Gasteiger partial charge in [0, 0.05) is 5.56 Å². The van der Waals surface area contributed by atoms with Gasteiger partial charge in [0.15, 0.2) is 0 Å². The van der Waals surface area contributed by atoms with Gasteiger partial charge in [0.1, 0.15) is 4.99 Å². The molecule has 0 radical (unpaired) electrons. The summed E-state index contributed by atoms with van der Waals surface area (Å²) in [6.45, 7) is 1.84. The highest BCUT2D eigenvalue weighted by Crippen LogP contribution is 2.21. The minimum absolute atomic E-state index is 0.0987. The van der Waals surface area contributed by atoms with E-state index in [0.717, 1.165) is 11.1 Å². The number of sulfonamides is 1. The maximum Gasteiger partial charge on any atom is 0.236 e. The summed E-state index contributed by atoms with van der Waals surface area (Å²) in [6.07, 6.45) is 0. The lowest BCUT2D eigenvalue weighted by atomic mass is 10.1. The molecule has 2 aromatic carbocycles. The van der Waals surface area contributed by atoms with E-state index in [2.05, 4.69) is 4.72 Å². The molecule has 0 unspecified atom stereocenters. The molecule has 21 heavy (non-hydrogen) atoms. The van der Waals surface area contributed by atoms with Crippen molar-refractivity contribution >= 4 is 32.9 Å². The number of nitrogens with one attached hydrogen (secondary N) is 1. The summed E-state index contributed by atoms with van der Waals surface area (Å²) in [4.78, 5) is 0.172. The van der Waals surface area contributed by atoms with Gasteiger partial charge in [0.25, 0.3) is 0 Å². The molecular weight excluding hydrogens is 304 g/mol. The van der Waals surface area contributed by atoms with Crippen LogP contribution in [-0.2, 0) is 15.8 Å². The fourth-order valence-corrected chi connectivity index (χ4v) is 3.56. The van der Waals surface area contributed by atoms with E-state index < -0.39 is 10.0 Å². The number of anilines is 1. The average molecular weight is 320 g/mol. The summed E-state index contributed by atoms with van der Waals surface area (Å²) in [6, 6.07) is 14.2. The first-order valence-corrected chi connectivity index (χ1v) is 8.39. The van der Waals surface area contributed by atoms with Gasteiger partial charge in [-0.2, -0.15) is 0 Å². The molecule has 4 nitrogen and oxygen atoms in total. The largest absolute Gasteiger partial charge is 0.389 e. The van der Waals surface area contributed by atoms with Gasteiger partial charge in [0.05, 0.1) is 11.4 Å². The van der Waals surface area contributed by atoms with E-state index in [4.69, 9.17) is 18.0 Å². The highest BCUT2D eigenvalue weighted by atomic mass is 32.2. The lowest BCUT2D eigenvalue weighted by Crippen LogP contribution is -2.20. The lowest BCUT2D eigenvalue weighted by Gasteiger charge is -2.14. The number of rotatable bonds is 5. The molecule has 2 aromatic rings. The van der Waals surface area contributed by atoms with Crippen molar-refractivity contribution in [3.63, 3.8) is 0 Å². The van der Waals surface area contributed by atoms with Crippen molar-refractivity contribution in [3.05, 3.63) is 65.2 Å². The standard InChI is InChI=1S/C15H16N2O2S2/c1-11-6-5-9-13(14(11)15(16)20)17-21(18,19)10-12-7-3-2-4-8-12/h2-9,17H,10H2,1H3,(H2,16,20). The van der Waals surface area contributed by atoms with Crippen molar-refractivity contribution in [1.29, 1.82) is 0 Å². The molecule has 0 aromatic heterocycles. The molecule has 0 aliphatic heterocycles. The number of thiocarbonyl (C=S) groups is 1. The molecule has 0 bridgehead atoms. The molecule has 2 rings (SSSR count). The number of benzene rings is 2. The summed E-state index contributed by atoms with van der Waals surface area (Å²) >= 11 is 5.00. The van der Waals surface area contributed by atoms with Gasteiger partial charge in [-0.1, -0.05) is 54.7 Å². The first kappa shape index (κ1) is 15.5. The average Bonchev–Trinajstić information content (AvgIpc) is 2.38. The molecule has 0 heterocycles. The van der Waals surface area contributed by atoms with Crippen LogP contribution >= 0.6 is 12.2 Å². The van der Waals surface area contributed by atoms with Crippen LogP contribution in [0.15, 0.2) is 48.5 Å². The molecule has 0 saturated heterocycles. The maximum atomic E-state index is 12.3. The Morgan fingerprint density at radius 2 is 1.81 bits per heavy atom. The Hall–Kier alpha value is -1.92. The first-order chi connectivity index (χ1) is 9.89. The third-order valence-electron chi connectivity index (χ3n) is 2.98. The molecule has 0 spiro atoms. The van der Waals surface area contributed by atoms with E-state index >= 15 is 0 Å². The quantitative estimate of drug-likeness (QED) is 0.831. The first-order valence-electron chi connectivity index (χ1n) is 6.33. The summed E-state index contributed by atoms with van der Waals surface area (Å²) in [7, 11) is -3.53. The van der Waals surface area contributed by atoms with E-state index in [9.17, 15) is 8.42 Å². The Kier molecular flexibility index (Phi) is 4.59. The second kappa shape index (κ2) is 6.24. The van der Waals surface area contributed by atoms with Crippen LogP contribution in [0, 0.1) is 6.92 Å². The number of aryl methyl sites for hydroxylation is 1. The van der Waals surface area contributed by atoms with Crippen LogP contribution in [0.1, 0.15) is 16.7 Å². The summed E-state index contributed by atoms with van der Waals surface area (Å²) in [5, 5.41) is 0. The molecule has 0 saturated carbocycles. The van der Waals surface area contributed by atoms with E-state index in [1.54, 1.807) is 36.4 Å². The van der Waals surface area contributed by atoms with Crippen molar-refractivity contribution in [2.75, 3.05) is 4.72 Å². The van der Waals surface area contributed by atoms with E-state index in [-0.39, 0.29) is 10.7 Å². The Balaban J connectivity index is 2.29. The van der Waals surface area contributed by atoms with Crippen LogP contribution in [-0.4, -0.2) is 13.4 Å². The molecule has 3 N–H and O–H groups in total. The smallest absolute Gasteiger partial charge is 0.236 e. The van der Waals surface area contributed by atoms with Crippen molar-refractivity contribution in [3.8, 4) is 0 Å². The summed E-state index contributed by atoms with van der Waals surface area (Å²) in [5.41, 5.74) is 8.21. The maximum absolute atomic E-state index is 12.3. The molecular formula is C15H16N2O2S2. The fourth-order valence-electron chi connectivity index (χ4n) is 2.08. The van der Waals surface area contributed by atoms with Gasteiger partial charge >= 0.3 is 0 Å². The number of hydrogen-bond acceptors (Lipinski definition) is 3. The monoisotopic (exact) mass is 320 g/mol. The van der Waals surface area contributed by atoms with Gasteiger partial charge in [-0.25, -0.2) is 8.42 Å². The third kappa shape index (κ3) is 4.03. The van der Waals surface area contributed by atoms with Crippen molar-refractivity contribution in [1.82, 2.24) is 0 Å².